The van der Waals surface area contributed by atoms with Gasteiger partial charge in [0, 0.05) is 0 Å². The summed E-state index contributed by atoms with van der Waals surface area (Å²) in [7, 11) is -2.40. The van der Waals surface area contributed by atoms with Gasteiger partial charge >= 0.3 is 5.97 Å². The second kappa shape index (κ2) is 5.72. The summed E-state index contributed by atoms with van der Waals surface area (Å²) in [4.78, 5) is 10.9. The van der Waals surface area contributed by atoms with Gasteiger partial charge in [0.2, 0.25) is 10.0 Å². The van der Waals surface area contributed by atoms with E-state index in [1.165, 1.54) is 7.11 Å². The van der Waals surface area contributed by atoms with E-state index in [4.69, 9.17) is 5.73 Å². The lowest BCUT2D eigenvalue weighted by Crippen LogP contribution is -2.20. The number of sulfonamides is 1. The first kappa shape index (κ1) is 14.3. The molecule has 1 aromatic rings. The van der Waals surface area contributed by atoms with Gasteiger partial charge in [0.15, 0.2) is 0 Å². The third-order valence-corrected chi connectivity index (χ3v) is 3.55. The van der Waals surface area contributed by atoms with E-state index in [1.807, 2.05) is 6.92 Å². The van der Waals surface area contributed by atoms with E-state index < -0.39 is 16.0 Å². The third kappa shape index (κ3) is 4.25. The van der Waals surface area contributed by atoms with Crippen LogP contribution in [0.25, 0.3) is 0 Å². The molecule has 0 radical (unpaired) electrons. The van der Waals surface area contributed by atoms with E-state index >= 15 is 0 Å². The molecule has 0 heterocycles. The smallest absolute Gasteiger partial charge is 0.306 e. The monoisotopic (exact) mass is 272 g/mol. The average molecular weight is 272 g/mol. The highest BCUT2D eigenvalue weighted by molar-refractivity contribution is 7.92. The van der Waals surface area contributed by atoms with Crippen molar-refractivity contribution >= 4 is 27.4 Å². The minimum atomic E-state index is -3.61. The Bertz CT molecular complexity index is 540. The fourth-order valence-corrected chi connectivity index (χ4v) is 2.37. The van der Waals surface area contributed by atoms with Crippen LogP contribution in [0, 0.1) is 6.92 Å². The first-order chi connectivity index (χ1) is 8.34. The van der Waals surface area contributed by atoms with E-state index in [1.54, 1.807) is 18.2 Å². The molecule has 0 bridgehead atoms. The van der Waals surface area contributed by atoms with Crippen LogP contribution in [-0.2, 0) is 19.6 Å². The van der Waals surface area contributed by atoms with Crippen molar-refractivity contribution in [3.8, 4) is 0 Å². The van der Waals surface area contributed by atoms with E-state index in [0.717, 1.165) is 5.56 Å². The van der Waals surface area contributed by atoms with Gasteiger partial charge in [0.25, 0.3) is 0 Å². The lowest BCUT2D eigenvalue weighted by atomic mass is 10.2. The van der Waals surface area contributed by atoms with E-state index in [9.17, 15) is 13.2 Å². The molecular formula is C11H16N2O4S. The zero-order valence-corrected chi connectivity index (χ0v) is 11.1. The number of nitrogen functional groups attached to an aromatic ring is 1. The number of methoxy groups -OCH3 is 1. The van der Waals surface area contributed by atoms with Crippen LogP contribution >= 0.6 is 0 Å². The van der Waals surface area contributed by atoms with Crippen LogP contribution in [-0.4, -0.2) is 27.2 Å². The molecule has 0 saturated heterocycles. The van der Waals surface area contributed by atoms with Gasteiger partial charge in [-0.3, -0.25) is 9.52 Å². The van der Waals surface area contributed by atoms with Crippen molar-refractivity contribution in [2.45, 2.75) is 13.3 Å². The predicted molar refractivity (Wildman–Crippen MR) is 69.6 cm³/mol. The molecule has 0 aliphatic heterocycles. The Kier molecular flexibility index (Phi) is 4.55. The van der Waals surface area contributed by atoms with Crippen LogP contribution in [0.2, 0.25) is 0 Å². The Labute approximate surface area is 106 Å². The fraction of sp³-hybridized carbons (Fsp3) is 0.364. The van der Waals surface area contributed by atoms with Crippen molar-refractivity contribution in [3.63, 3.8) is 0 Å². The van der Waals surface area contributed by atoms with Gasteiger partial charge in [-0.2, -0.15) is 0 Å². The van der Waals surface area contributed by atoms with Crippen LogP contribution in [0.4, 0.5) is 11.4 Å². The van der Waals surface area contributed by atoms with Crippen molar-refractivity contribution in [3.05, 3.63) is 23.8 Å². The summed E-state index contributed by atoms with van der Waals surface area (Å²) in [5.74, 6) is -0.912. The van der Waals surface area contributed by atoms with Gasteiger partial charge in [-0.1, -0.05) is 6.07 Å². The van der Waals surface area contributed by atoms with Crippen LogP contribution in [0.15, 0.2) is 18.2 Å². The number of esters is 1. The zero-order valence-electron chi connectivity index (χ0n) is 10.3. The topological polar surface area (TPSA) is 98.5 Å². The van der Waals surface area contributed by atoms with Gasteiger partial charge in [-0.25, -0.2) is 8.42 Å². The van der Waals surface area contributed by atoms with Crippen LogP contribution in [0.5, 0.6) is 0 Å². The van der Waals surface area contributed by atoms with Crippen LogP contribution in [0.3, 0.4) is 0 Å². The minimum absolute atomic E-state index is 0.197. The average Bonchev–Trinajstić information content (AvgIpc) is 2.30. The summed E-state index contributed by atoms with van der Waals surface area (Å²) in [5, 5.41) is 0. The standard InChI is InChI=1S/C11H16N2O4S/c1-8-3-4-10(9(12)7-8)13-18(15,16)6-5-11(14)17-2/h3-4,7,13H,5-6,12H2,1-2H3. The summed E-state index contributed by atoms with van der Waals surface area (Å²) in [6, 6.07) is 4.99. The molecule has 0 fully saturated rings. The number of nitrogens with one attached hydrogen (secondary N) is 1. The molecule has 100 valence electrons. The molecule has 0 unspecified atom stereocenters. The number of benzene rings is 1. The Morgan fingerprint density at radius 2 is 2.11 bits per heavy atom. The highest BCUT2D eigenvalue weighted by Gasteiger charge is 2.14. The zero-order chi connectivity index (χ0) is 13.8. The number of hydrogen-bond donors (Lipinski definition) is 2. The molecule has 6 nitrogen and oxygen atoms in total. The van der Waals surface area contributed by atoms with E-state index in [0.29, 0.717) is 11.4 Å². The molecule has 0 saturated carbocycles. The lowest BCUT2D eigenvalue weighted by Gasteiger charge is -2.10. The molecule has 3 N–H and O–H groups in total. The number of anilines is 2. The normalized spacial score (nSPS) is 11.0. The molecule has 0 aromatic heterocycles. The Morgan fingerprint density at radius 3 is 2.67 bits per heavy atom. The summed E-state index contributed by atoms with van der Waals surface area (Å²) in [6.07, 6.45) is -0.197. The Balaban J connectivity index is 2.73. The van der Waals surface area contributed by atoms with Crippen molar-refractivity contribution in [1.29, 1.82) is 0 Å². The van der Waals surface area contributed by atoms with E-state index in [-0.39, 0.29) is 12.2 Å². The summed E-state index contributed by atoms with van der Waals surface area (Å²) in [5.41, 5.74) is 7.28. The molecule has 7 heteroatoms. The van der Waals surface area contributed by atoms with Crippen LogP contribution < -0.4 is 10.5 Å². The number of hydrogen-bond acceptors (Lipinski definition) is 5. The maximum absolute atomic E-state index is 11.7. The number of ether oxygens (including phenoxy) is 1. The number of nitrogens with two attached hydrogens (primary N) is 1. The molecule has 0 spiro atoms. The van der Waals surface area contributed by atoms with Gasteiger partial charge in [0.05, 0.1) is 30.7 Å². The molecule has 0 aliphatic rings. The number of carbonyl (C=O) groups is 1. The lowest BCUT2D eigenvalue weighted by molar-refractivity contribution is -0.140. The van der Waals surface area contributed by atoms with Crippen LogP contribution in [0.1, 0.15) is 12.0 Å². The third-order valence-electron chi connectivity index (χ3n) is 2.28. The quantitative estimate of drug-likeness (QED) is 0.612. The summed E-state index contributed by atoms with van der Waals surface area (Å²) < 4.78 is 30.1. The summed E-state index contributed by atoms with van der Waals surface area (Å²) >= 11 is 0. The SMILES string of the molecule is COC(=O)CCS(=O)(=O)Nc1ccc(C)cc1N. The second-order valence-corrected chi connectivity index (χ2v) is 5.68. The molecule has 1 aromatic carbocycles. The van der Waals surface area contributed by atoms with Gasteiger partial charge in [-0.05, 0) is 24.6 Å². The fourth-order valence-electron chi connectivity index (χ4n) is 1.31. The van der Waals surface area contributed by atoms with Gasteiger partial charge in [0.1, 0.15) is 0 Å². The molecule has 0 amide bonds. The first-order valence-corrected chi connectivity index (χ1v) is 6.93. The molecule has 18 heavy (non-hydrogen) atoms. The number of carbonyl (C=O) groups excluding carboxylic acids is 1. The van der Waals surface area contributed by atoms with Gasteiger partial charge < -0.3 is 10.5 Å². The Morgan fingerprint density at radius 1 is 1.44 bits per heavy atom. The predicted octanol–water partition coefficient (Wildman–Crippen LogP) is 0.882. The maximum atomic E-state index is 11.7. The van der Waals surface area contributed by atoms with Crippen molar-refractivity contribution in [1.82, 2.24) is 0 Å². The van der Waals surface area contributed by atoms with Crippen molar-refractivity contribution in [2.75, 3.05) is 23.3 Å². The molecular weight excluding hydrogens is 256 g/mol. The Hall–Kier alpha value is -1.76. The van der Waals surface area contributed by atoms with E-state index in [2.05, 4.69) is 9.46 Å². The van der Waals surface area contributed by atoms with Gasteiger partial charge in [-0.15, -0.1) is 0 Å². The first-order valence-electron chi connectivity index (χ1n) is 5.27. The second-order valence-electron chi connectivity index (χ2n) is 3.84. The largest absolute Gasteiger partial charge is 0.469 e. The van der Waals surface area contributed by atoms with Crippen molar-refractivity contribution < 1.29 is 17.9 Å². The van der Waals surface area contributed by atoms with Crippen molar-refractivity contribution in [2.24, 2.45) is 0 Å². The summed E-state index contributed by atoms with van der Waals surface area (Å²) in [6.45, 7) is 1.85. The minimum Gasteiger partial charge on any atom is -0.469 e. The molecule has 0 atom stereocenters. The number of aryl methyl sites for hydroxylation is 1. The molecule has 0 aliphatic carbocycles. The highest BCUT2D eigenvalue weighted by Crippen LogP contribution is 2.20. The molecule has 1 rings (SSSR count). The maximum Gasteiger partial charge on any atom is 0.306 e. The number of rotatable bonds is 5. The highest BCUT2D eigenvalue weighted by atomic mass is 32.2.